The van der Waals surface area contributed by atoms with Crippen molar-refractivity contribution in [2.45, 2.75) is 40.2 Å². The lowest BCUT2D eigenvalue weighted by molar-refractivity contribution is -0.142. The van der Waals surface area contributed by atoms with Crippen molar-refractivity contribution in [3.05, 3.63) is 29.7 Å². The smallest absolute Gasteiger partial charge is 0.331 e. The van der Waals surface area contributed by atoms with Crippen molar-refractivity contribution in [1.82, 2.24) is 0 Å². The van der Waals surface area contributed by atoms with Gasteiger partial charge in [-0.15, -0.1) is 0 Å². The molecule has 0 fully saturated rings. The van der Waals surface area contributed by atoms with E-state index in [0.29, 0.717) is 11.7 Å². The van der Waals surface area contributed by atoms with Crippen LogP contribution in [0.5, 0.6) is 0 Å². The topological polar surface area (TPSA) is 39.4 Å². The summed E-state index contributed by atoms with van der Waals surface area (Å²) in [5.74, 6) is 1.68. The van der Waals surface area contributed by atoms with Crippen LogP contribution in [0.2, 0.25) is 0 Å². The zero-order valence-electron chi connectivity index (χ0n) is 10.9. The molecule has 0 aliphatic rings. The molecule has 1 heterocycles. The summed E-state index contributed by atoms with van der Waals surface area (Å²) in [5, 5.41) is 0. The van der Waals surface area contributed by atoms with E-state index in [4.69, 9.17) is 9.15 Å². The standard InChI is InChI=1S/C14H20O3/c1-10(2)9-12(4)17-14(15)8-7-13-6-5-11(3)16-13/h5-8,10,12H,9H2,1-4H3/b8-7+. The highest BCUT2D eigenvalue weighted by Crippen LogP contribution is 2.10. The lowest BCUT2D eigenvalue weighted by Gasteiger charge is -2.13. The fraction of sp³-hybridized carbons (Fsp3) is 0.500. The molecule has 1 atom stereocenters. The number of carbonyl (C=O) groups is 1. The molecule has 0 saturated carbocycles. The summed E-state index contributed by atoms with van der Waals surface area (Å²) < 4.78 is 10.5. The Kier molecular flexibility index (Phi) is 5.01. The average molecular weight is 236 g/mol. The third-order valence-corrected chi connectivity index (χ3v) is 2.27. The van der Waals surface area contributed by atoms with Crippen LogP contribution in [0.3, 0.4) is 0 Å². The van der Waals surface area contributed by atoms with Crippen molar-refractivity contribution in [3.63, 3.8) is 0 Å². The largest absolute Gasteiger partial charge is 0.462 e. The van der Waals surface area contributed by atoms with Crippen LogP contribution in [-0.2, 0) is 9.53 Å². The second kappa shape index (κ2) is 6.28. The van der Waals surface area contributed by atoms with E-state index in [1.54, 1.807) is 6.08 Å². The number of carbonyl (C=O) groups excluding carboxylic acids is 1. The van der Waals surface area contributed by atoms with Crippen LogP contribution < -0.4 is 0 Å². The summed E-state index contributed by atoms with van der Waals surface area (Å²) in [6.45, 7) is 7.97. The minimum Gasteiger partial charge on any atom is -0.462 e. The number of rotatable bonds is 5. The van der Waals surface area contributed by atoms with E-state index in [9.17, 15) is 4.79 Å². The highest BCUT2D eigenvalue weighted by atomic mass is 16.5. The van der Waals surface area contributed by atoms with Crippen molar-refractivity contribution in [2.24, 2.45) is 5.92 Å². The lowest BCUT2D eigenvalue weighted by Crippen LogP contribution is -2.15. The van der Waals surface area contributed by atoms with E-state index in [0.717, 1.165) is 12.2 Å². The van der Waals surface area contributed by atoms with Crippen LogP contribution in [-0.4, -0.2) is 12.1 Å². The van der Waals surface area contributed by atoms with Crippen LogP contribution in [0, 0.1) is 12.8 Å². The van der Waals surface area contributed by atoms with Gasteiger partial charge in [0.2, 0.25) is 0 Å². The Balaban J connectivity index is 2.41. The van der Waals surface area contributed by atoms with Gasteiger partial charge in [-0.25, -0.2) is 4.79 Å². The fourth-order valence-electron chi connectivity index (χ4n) is 1.64. The van der Waals surface area contributed by atoms with Crippen LogP contribution in [0.1, 0.15) is 38.7 Å². The molecule has 1 unspecified atom stereocenters. The van der Waals surface area contributed by atoms with Crippen molar-refractivity contribution >= 4 is 12.0 Å². The number of furan rings is 1. The fourth-order valence-corrected chi connectivity index (χ4v) is 1.64. The van der Waals surface area contributed by atoms with Gasteiger partial charge in [0.1, 0.15) is 11.5 Å². The summed E-state index contributed by atoms with van der Waals surface area (Å²) in [4.78, 5) is 11.5. The van der Waals surface area contributed by atoms with Gasteiger partial charge in [-0.1, -0.05) is 13.8 Å². The Morgan fingerprint density at radius 1 is 1.41 bits per heavy atom. The normalized spacial score (nSPS) is 13.2. The van der Waals surface area contributed by atoms with Crippen molar-refractivity contribution in [2.75, 3.05) is 0 Å². The molecular formula is C14H20O3. The highest BCUT2D eigenvalue weighted by Gasteiger charge is 2.08. The second-order valence-corrected chi connectivity index (χ2v) is 4.66. The Hall–Kier alpha value is -1.51. The van der Waals surface area contributed by atoms with Gasteiger partial charge in [0.05, 0.1) is 6.10 Å². The third kappa shape index (κ3) is 5.38. The number of esters is 1. The molecule has 3 heteroatoms. The summed E-state index contributed by atoms with van der Waals surface area (Å²) in [7, 11) is 0. The minimum atomic E-state index is -0.327. The van der Waals surface area contributed by atoms with Gasteiger partial charge in [-0.2, -0.15) is 0 Å². The Labute approximate surface area is 102 Å². The number of hydrogen-bond acceptors (Lipinski definition) is 3. The van der Waals surface area contributed by atoms with Gasteiger partial charge in [-0.3, -0.25) is 0 Å². The molecule has 94 valence electrons. The molecule has 17 heavy (non-hydrogen) atoms. The molecule has 0 radical (unpaired) electrons. The summed E-state index contributed by atoms with van der Waals surface area (Å²) in [6, 6.07) is 3.67. The first-order valence-electron chi connectivity index (χ1n) is 5.92. The zero-order valence-corrected chi connectivity index (χ0v) is 10.9. The van der Waals surface area contributed by atoms with Gasteiger partial charge in [-0.05, 0) is 44.4 Å². The maximum absolute atomic E-state index is 11.5. The molecule has 0 saturated heterocycles. The molecule has 1 aromatic heterocycles. The van der Waals surface area contributed by atoms with Crippen LogP contribution >= 0.6 is 0 Å². The molecule has 1 rings (SSSR count). The van der Waals surface area contributed by atoms with Gasteiger partial charge >= 0.3 is 5.97 Å². The molecule has 0 aliphatic carbocycles. The molecular weight excluding hydrogens is 216 g/mol. The molecule has 0 spiro atoms. The van der Waals surface area contributed by atoms with Gasteiger partial charge in [0.25, 0.3) is 0 Å². The van der Waals surface area contributed by atoms with Crippen molar-refractivity contribution < 1.29 is 13.9 Å². The Morgan fingerprint density at radius 3 is 2.65 bits per heavy atom. The van der Waals surface area contributed by atoms with Crippen LogP contribution in [0.4, 0.5) is 0 Å². The summed E-state index contributed by atoms with van der Waals surface area (Å²) in [6.07, 6.45) is 3.84. The molecule has 0 aromatic carbocycles. The van der Waals surface area contributed by atoms with Gasteiger partial charge in [0.15, 0.2) is 0 Å². The predicted octanol–water partition coefficient (Wildman–Crippen LogP) is 3.58. The van der Waals surface area contributed by atoms with E-state index < -0.39 is 0 Å². The summed E-state index contributed by atoms with van der Waals surface area (Å²) in [5.41, 5.74) is 0. The average Bonchev–Trinajstić information content (AvgIpc) is 2.59. The zero-order chi connectivity index (χ0) is 12.8. The van der Waals surface area contributed by atoms with Crippen molar-refractivity contribution in [3.8, 4) is 0 Å². The minimum absolute atomic E-state index is 0.0505. The number of aryl methyl sites for hydroxylation is 1. The molecule has 0 amide bonds. The Morgan fingerprint density at radius 2 is 2.12 bits per heavy atom. The summed E-state index contributed by atoms with van der Waals surface area (Å²) >= 11 is 0. The van der Waals surface area contributed by atoms with E-state index in [1.807, 2.05) is 26.0 Å². The van der Waals surface area contributed by atoms with Gasteiger partial charge in [0, 0.05) is 6.08 Å². The third-order valence-electron chi connectivity index (χ3n) is 2.27. The van der Waals surface area contributed by atoms with Crippen LogP contribution in [0.25, 0.3) is 6.08 Å². The van der Waals surface area contributed by atoms with E-state index in [2.05, 4.69) is 13.8 Å². The highest BCUT2D eigenvalue weighted by molar-refractivity contribution is 5.86. The first-order chi connectivity index (χ1) is 7.97. The van der Waals surface area contributed by atoms with E-state index >= 15 is 0 Å². The maximum Gasteiger partial charge on any atom is 0.331 e. The molecule has 3 nitrogen and oxygen atoms in total. The quantitative estimate of drug-likeness (QED) is 0.579. The first kappa shape index (κ1) is 13.6. The number of hydrogen-bond donors (Lipinski definition) is 0. The molecule has 0 bridgehead atoms. The molecule has 0 N–H and O–H groups in total. The van der Waals surface area contributed by atoms with Crippen LogP contribution in [0.15, 0.2) is 22.6 Å². The Bertz CT molecular complexity index is 388. The second-order valence-electron chi connectivity index (χ2n) is 4.66. The van der Waals surface area contributed by atoms with Crippen molar-refractivity contribution in [1.29, 1.82) is 0 Å². The number of ether oxygens (including phenoxy) is 1. The van der Waals surface area contributed by atoms with E-state index in [-0.39, 0.29) is 12.1 Å². The van der Waals surface area contributed by atoms with Gasteiger partial charge < -0.3 is 9.15 Å². The molecule has 1 aromatic rings. The van der Waals surface area contributed by atoms with E-state index in [1.165, 1.54) is 6.08 Å². The monoisotopic (exact) mass is 236 g/mol. The first-order valence-corrected chi connectivity index (χ1v) is 5.92. The lowest BCUT2D eigenvalue weighted by atomic mass is 10.1. The molecule has 0 aliphatic heterocycles. The SMILES string of the molecule is Cc1ccc(/C=C/C(=O)OC(C)CC(C)C)o1. The predicted molar refractivity (Wildman–Crippen MR) is 67.5 cm³/mol. The maximum atomic E-state index is 11.5.